The van der Waals surface area contributed by atoms with E-state index in [0.717, 1.165) is 0 Å². The first-order valence-electron chi connectivity index (χ1n) is 0. The fourth-order valence-corrected chi connectivity index (χ4v) is 0. The summed E-state index contributed by atoms with van der Waals surface area (Å²) in [5.41, 5.74) is 0. The number of hydrogen-bond acceptors (Lipinski definition) is 0. The standard InChI is InChI=1S/6ClH.6H2O/h6*1H;6*1H2/p-6. The van der Waals surface area contributed by atoms with Gasteiger partial charge >= 0.3 is 0 Å². The van der Waals surface area contributed by atoms with Gasteiger partial charge in [-0.1, -0.05) is 0 Å². The summed E-state index contributed by atoms with van der Waals surface area (Å²) in [7, 11) is 0. The quantitative estimate of drug-likeness (QED) is 0.410. The second-order valence-corrected chi connectivity index (χ2v) is 0. The molecule has 0 unspecified atom stereocenters. The zero-order chi connectivity index (χ0) is 0. The minimum absolute atomic E-state index is 0. The Morgan fingerprint density at radius 3 is 0.167 bits per heavy atom. The Bertz CT molecular complexity index is 12.0. The van der Waals surface area contributed by atoms with Crippen LogP contribution in [-0.4, -0.2) is 32.9 Å². The monoisotopic (exact) mass is 318 g/mol. The Morgan fingerprint density at radius 2 is 0.167 bits per heavy atom. The molecule has 0 saturated heterocycles. The zero-order valence-electron chi connectivity index (χ0n) is 5.27. The highest BCUT2D eigenvalue weighted by Crippen LogP contribution is -0.284. The van der Waals surface area contributed by atoms with Gasteiger partial charge in [-0.25, -0.2) is 0 Å². The average molecular weight is 321 g/mol. The fourth-order valence-electron chi connectivity index (χ4n) is 0. The molecule has 0 aromatic carbocycles. The van der Waals surface area contributed by atoms with Crippen molar-refractivity contribution >= 4 is 0 Å². The van der Waals surface area contributed by atoms with Crippen LogP contribution in [0.25, 0.3) is 0 Å². The van der Waals surface area contributed by atoms with Crippen LogP contribution in [0.2, 0.25) is 0 Å². The third kappa shape index (κ3) is 564. The summed E-state index contributed by atoms with van der Waals surface area (Å²) in [6.45, 7) is 0. The minimum atomic E-state index is 0. The van der Waals surface area contributed by atoms with Crippen molar-refractivity contribution in [2.24, 2.45) is 0 Å². The molecule has 12 N–H and O–H groups in total. The first kappa shape index (κ1) is 938. The lowest BCUT2D eigenvalue weighted by Gasteiger charge is -1.00. The van der Waals surface area contributed by atoms with Crippen molar-refractivity contribution < 1.29 is 107 Å². The van der Waals surface area contributed by atoms with Gasteiger partial charge in [0.25, 0.3) is 0 Å². The smallest absolute Gasteiger partial charge is 0.412 e. The Kier molecular flexibility index (Phi) is 57400. The summed E-state index contributed by atoms with van der Waals surface area (Å²) in [6.07, 6.45) is 0. The molecule has 0 rings (SSSR count). The molecule has 0 aliphatic rings. The third-order valence-electron chi connectivity index (χ3n) is 0. The highest BCUT2D eigenvalue weighted by Gasteiger charge is -0.406. The molecule has 0 fully saturated rings. The third-order valence-corrected chi connectivity index (χ3v) is 0. The van der Waals surface area contributed by atoms with Crippen molar-refractivity contribution in [2.75, 3.05) is 0 Å². The van der Waals surface area contributed by atoms with Gasteiger partial charge in [-0.05, 0) is 0 Å². The van der Waals surface area contributed by atoms with E-state index in [1.807, 2.05) is 0 Å². The van der Waals surface area contributed by atoms with Gasteiger partial charge in [0.2, 0.25) is 0 Å². The van der Waals surface area contributed by atoms with E-state index in [9.17, 15) is 0 Å². The van der Waals surface area contributed by atoms with Gasteiger partial charge in [-0.3, -0.25) is 0 Å². The summed E-state index contributed by atoms with van der Waals surface area (Å²) in [5.74, 6) is 0. The number of halogens is 6. The van der Waals surface area contributed by atoms with Crippen LogP contribution < -0.4 is 74.4 Å². The molecule has 0 radical (unpaired) electrons. The van der Waals surface area contributed by atoms with Crippen molar-refractivity contribution in [1.82, 2.24) is 0 Å². The molecule has 0 spiro atoms. The normalized spacial score (nSPS) is 0. The summed E-state index contributed by atoms with van der Waals surface area (Å²) in [6, 6.07) is 0. The van der Waals surface area contributed by atoms with Gasteiger partial charge in [-0.2, -0.15) is 0 Å². The maximum atomic E-state index is 0. The summed E-state index contributed by atoms with van der Waals surface area (Å²) in [5, 5.41) is 0. The predicted octanol–water partition coefficient (Wildman–Crippen LogP) is -22.9. The van der Waals surface area contributed by atoms with Gasteiger partial charge in [0.15, 0.2) is 0 Å². The minimum Gasteiger partial charge on any atom is -1.00 e. The van der Waals surface area contributed by atoms with E-state index in [2.05, 4.69) is 0 Å². The van der Waals surface area contributed by atoms with Gasteiger partial charge in [0, 0.05) is 0 Å². The van der Waals surface area contributed by atoms with Crippen LogP contribution in [0.15, 0.2) is 0 Å². The molecule has 0 aromatic heterocycles. The van der Waals surface area contributed by atoms with E-state index >= 15 is 0 Å². The molecule has 6 nitrogen and oxygen atoms in total. The summed E-state index contributed by atoms with van der Waals surface area (Å²) < 4.78 is 0. The maximum absolute atomic E-state index is 0. The molecule has 0 aromatic rings. The summed E-state index contributed by atoms with van der Waals surface area (Å²) in [4.78, 5) is 0. The molecule has 12 heavy (non-hydrogen) atoms. The highest BCUT2D eigenvalue weighted by atomic mass is 35.5. The lowest BCUT2D eigenvalue weighted by Crippen LogP contribution is -3.00. The molecule has 12 heteroatoms. The number of rotatable bonds is 0. The Balaban J connectivity index is 0. The van der Waals surface area contributed by atoms with Crippen LogP contribution in [0.3, 0.4) is 0 Å². The van der Waals surface area contributed by atoms with Crippen LogP contribution in [-0.2, 0) is 0 Å². The lowest BCUT2D eigenvalue weighted by atomic mass is 16.0. The van der Waals surface area contributed by atoms with E-state index in [-0.39, 0.29) is 107 Å². The molecule has 0 heterocycles. The van der Waals surface area contributed by atoms with E-state index < -0.39 is 0 Å². The molecule has 0 bridgehead atoms. The van der Waals surface area contributed by atoms with Crippen molar-refractivity contribution in [3.05, 3.63) is 0 Å². The molecule has 0 aliphatic heterocycles. The van der Waals surface area contributed by atoms with E-state index in [4.69, 9.17) is 0 Å². The molecule has 0 aliphatic carbocycles. The van der Waals surface area contributed by atoms with Gasteiger partial charge in [0.05, 0.1) is 0 Å². The lowest BCUT2D eigenvalue weighted by molar-refractivity contribution is -0.00100. The largest absolute Gasteiger partial charge is 1.00 e. The van der Waals surface area contributed by atoms with E-state index in [0.29, 0.717) is 0 Å². The molecular formula is H12Cl6O6-6. The SMILES string of the molecule is O.O.O.O.O.O.[Cl-].[Cl-].[Cl-].[Cl-].[Cl-].[Cl-]. The first-order valence-corrected chi connectivity index (χ1v) is 0. The Labute approximate surface area is 107 Å². The fraction of sp³-hybridized carbons (Fsp3) is 0. The second-order valence-electron chi connectivity index (χ2n) is 0. The predicted molar refractivity (Wildman–Crippen MR) is 21.7 cm³/mol. The van der Waals surface area contributed by atoms with Gasteiger partial charge < -0.3 is 107 Å². The van der Waals surface area contributed by atoms with Crippen molar-refractivity contribution in [1.29, 1.82) is 0 Å². The second kappa shape index (κ2) is 735. The van der Waals surface area contributed by atoms with Crippen molar-refractivity contribution in [2.45, 2.75) is 0 Å². The van der Waals surface area contributed by atoms with Crippen molar-refractivity contribution in [3.8, 4) is 0 Å². The summed E-state index contributed by atoms with van der Waals surface area (Å²) >= 11 is 0. The van der Waals surface area contributed by atoms with Gasteiger partial charge in [0.1, 0.15) is 0 Å². The van der Waals surface area contributed by atoms with E-state index in [1.54, 1.807) is 0 Å². The van der Waals surface area contributed by atoms with Crippen LogP contribution >= 0.6 is 0 Å². The van der Waals surface area contributed by atoms with Crippen LogP contribution in [0.4, 0.5) is 0 Å². The number of hydrogen-bond donors (Lipinski definition) is 0. The zero-order valence-corrected chi connectivity index (χ0v) is 9.80. The van der Waals surface area contributed by atoms with E-state index in [1.165, 1.54) is 0 Å². The first-order chi connectivity index (χ1) is 0. The molecule has 0 amide bonds. The van der Waals surface area contributed by atoms with Crippen LogP contribution in [0.1, 0.15) is 0 Å². The topological polar surface area (TPSA) is 189 Å². The Morgan fingerprint density at radius 1 is 0.167 bits per heavy atom. The molecule has 0 atom stereocenters. The highest BCUT2D eigenvalue weighted by molar-refractivity contribution is 0.829. The molecule has 96 valence electrons. The van der Waals surface area contributed by atoms with Crippen LogP contribution in [0, 0.1) is 0 Å². The maximum Gasteiger partial charge on any atom is -0.412 e. The van der Waals surface area contributed by atoms with Crippen LogP contribution in [0.5, 0.6) is 0 Å². The molecular weight excluding hydrogens is 309 g/mol. The molecule has 0 saturated carbocycles. The average Bonchev–Trinajstić information content (AvgIpc) is 0. The van der Waals surface area contributed by atoms with Gasteiger partial charge in [-0.15, -0.1) is 0 Å². The van der Waals surface area contributed by atoms with Crippen molar-refractivity contribution in [3.63, 3.8) is 0 Å². The Hall–Kier alpha value is 1.50.